The number of likely N-dealkylation sites (tertiary alicyclic amines) is 1. The molecule has 254 valence electrons. The van der Waals surface area contributed by atoms with Crippen LogP contribution in [0.25, 0.3) is 11.0 Å². The summed E-state index contributed by atoms with van der Waals surface area (Å²) in [6, 6.07) is 16.4. The normalized spacial score (nSPS) is 27.3. The Labute approximate surface area is 281 Å². The third-order valence-corrected chi connectivity index (χ3v) is 10.6. The number of benzene rings is 2. The third-order valence-electron chi connectivity index (χ3n) is 10.6. The number of hydrogen-bond donors (Lipinski definition) is 1. The number of ether oxygens (including phenoxy) is 1. The van der Waals surface area contributed by atoms with Gasteiger partial charge in [0.05, 0.1) is 23.0 Å². The van der Waals surface area contributed by atoms with Crippen molar-refractivity contribution in [3.8, 4) is 0 Å². The Morgan fingerprint density at radius 2 is 1.73 bits per heavy atom. The molecule has 48 heavy (non-hydrogen) atoms. The number of nitrogens with zero attached hydrogens (tertiary/aromatic N) is 6. The van der Waals surface area contributed by atoms with Gasteiger partial charge in [0, 0.05) is 32.8 Å². The quantitative estimate of drug-likeness (QED) is 0.196. The highest BCUT2D eigenvalue weighted by molar-refractivity contribution is 5.99. The van der Waals surface area contributed by atoms with Crippen LogP contribution in [-0.4, -0.2) is 96.0 Å². The van der Waals surface area contributed by atoms with Crippen LogP contribution in [0.3, 0.4) is 0 Å². The van der Waals surface area contributed by atoms with Gasteiger partial charge in [0.1, 0.15) is 23.8 Å². The Kier molecular flexibility index (Phi) is 9.53. The van der Waals surface area contributed by atoms with Gasteiger partial charge in [-0.25, -0.2) is 4.68 Å². The Morgan fingerprint density at radius 3 is 2.46 bits per heavy atom. The van der Waals surface area contributed by atoms with Crippen molar-refractivity contribution in [3.63, 3.8) is 0 Å². The molecule has 11 nitrogen and oxygen atoms in total. The zero-order chi connectivity index (χ0) is 34.1. The zero-order valence-electron chi connectivity index (χ0n) is 27.9. The summed E-state index contributed by atoms with van der Waals surface area (Å²) in [5.41, 5.74) is 0.339. The molecule has 2 aromatic carbocycles. The molecular weight excluding hydrogens is 608 g/mol. The minimum absolute atomic E-state index is 0.0535. The number of aromatic nitrogens is 3. The van der Waals surface area contributed by atoms with E-state index < -0.39 is 29.1 Å². The molecule has 0 aliphatic carbocycles. The van der Waals surface area contributed by atoms with Crippen molar-refractivity contribution >= 4 is 28.8 Å². The van der Waals surface area contributed by atoms with E-state index in [0.717, 1.165) is 11.1 Å². The molecule has 3 aliphatic rings. The molecule has 11 heteroatoms. The average molecular weight is 655 g/mol. The van der Waals surface area contributed by atoms with Crippen molar-refractivity contribution in [1.29, 1.82) is 0 Å². The van der Waals surface area contributed by atoms with Crippen LogP contribution in [0.2, 0.25) is 0 Å². The summed E-state index contributed by atoms with van der Waals surface area (Å²) >= 11 is 0. The van der Waals surface area contributed by atoms with Gasteiger partial charge in [-0.2, -0.15) is 0 Å². The monoisotopic (exact) mass is 654 g/mol. The lowest BCUT2D eigenvalue weighted by Gasteiger charge is -2.39. The lowest BCUT2D eigenvalue weighted by molar-refractivity contribution is -0.155. The van der Waals surface area contributed by atoms with Crippen molar-refractivity contribution in [2.45, 2.75) is 70.0 Å². The number of hydrogen-bond acceptors (Lipinski definition) is 7. The maximum absolute atomic E-state index is 14.9. The number of aliphatic hydroxyl groups excluding tert-OH is 1. The fourth-order valence-corrected chi connectivity index (χ4v) is 8.32. The molecule has 3 saturated heterocycles. The largest absolute Gasteiger partial charge is 0.396 e. The maximum atomic E-state index is 14.9. The number of fused-ring (bicyclic) bond motifs is 2. The van der Waals surface area contributed by atoms with Crippen LogP contribution in [0.1, 0.15) is 45.1 Å². The van der Waals surface area contributed by atoms with Crippen LogP contribution in [0.4, 0.5) is 0 Å². The van der Waals surface area contributed by atoms with E-state index in [1.807, 2.05) is 61.5 Å². The van der Waals surface area contributed by atoms with Crippen LogP contribution in [-0.2, 0) is 32.3 Å². The van der Waals surface area contributed by atoms with Crippen molar-refractivity contribution in [2.24, 2.45) is 17.8 Å². The SMILES string of the molecule is C=CCN(Cn1nnc2ccccc21)C(=O)C1N(CCCCCO)C(=O)[C@@H]2[C@H](C(=O)N(CC=C)Cc3ccccc3)[C@@]3(C)OC12CC3C. The Balaban J connectivity index is 1.38. The van der Waals surface area contributed by atoms with Crippen molar-refractivity contribution in [2.75, 3.05) is 26.2 Å². The third kappa shape index (κ3) is 5.62. The fraction of sp³-hybridized carbons (Fsp3) is 0.486. The first-order valence-corrected chi connectivity index (χ1v) is 16.9. The van der Waals surface area contributed by atoms with E-state index in [1.54, 1.807) is 31.5 Å². The van der Waals surface area contributed by atoms with Crippen LogP contribution >= 0.6 is 0 Å². The van der Waals surface area contributed by atoms with Crippen LogP contribution in [0.5, 0.6) is 0 Å². The molecule has 4 heterocycles. The standard InChI is InChI=1S/C37H46N6O5/c1-5-19-40(24-27-15-9-7-10-16-27)33(45)30-31-34(46)42(21-13-8-14-22-44)32(37(31)23-26(3)36(30,4)48-37)35(47)41(20-6-2)25-43-29-18-12-11-17-28(29)38-39-43/h5-7,9-12,15-18,26,30-32,44H,1-2,8,13-14,19-25H2,3-4H3/t26?,30-,31+,32?,36+,37?/m1/s1. The first-order valence-electron chi connectivity index (χ1n) is 16.9. The van der Waals surface area contributed by atoms with Gasteiger partial charge in [0.25, 0.3) is 0 Å². The Morgan fingerprint density at radius 1 is 1.02 bits per heavy atom. The van der Waals surface area contributed by atoms with Crippen LogP contribution < -0.4 is 0 Å². The predicted octanol–water partition coefficient (Wildman–Crippen LogP) is 3.79. The molecule has 3 fully saturated rings. The number of para-hydroxylation sites is 1. The van der Waals surface area contributed by atoms with E-state index in [0.29, 0.717) is 50.8 Å². The molecule has 0 saturated carbocycles. The highest BCUT2D eigenvalue weighted by Crippen LogP contribution is 2.65. The van der Waals surface area contributed by atoms with Gasteiger partial charge >= 0.3 is 0 Å². The van der Waals surface area contributed by atoms with Crippen LogP contribution in [0, 0.1) is 17.8 Å². The van der Waals surface area contributed by atoms with Gasteiger partial charge < -0.3 is 24.5 Å². The number of carbonyl (C=O) groups excluding carboxylic acids is 3. The van der Waals surface area contributed by atoms with Gasteiger partial charge in [-0.3, -0.25) is 14.4 Å². The van der Waals surface area contributed by atoms with Gasteiger partial charge in [0.2, 0.25) is 17.7 Å². The van der Waals surface area contributed by atoms with E-state index in [-0.39, 0.29) is 43.5 Å². The lowest BCUT2D eigenvalue weighted by Crippen LogP contribution is -2.57. The summed E-state index contributed by atoms with van der Waals surface area (Å²) in [6.45, 7) is 13.2. The summed E-state index contributed by atoms with van der Waals surface area (Å²) in [5, 5.41) is 18.0. The van der Waals surface area contributed by atoms with E-state index in [1.165, 1.54) is 0 Å². The van der Waals surface area contributed by atoms with E-state index in [4.69, 9.17) is 4.74 Å². The van der Waals surface area contributed by atoms with Gasteiger partial charge in [-0.1, -0.05) is 66.8 Å². The topological polar surface area (TPSA) is 121 Å². The van der Waals surface area contributed by atoms with Gasteiger partial charge in [0.15, 0.2) is 0 Å². The fourth-order valence-electron chi connectivity index (χ4n) is 8.32. The first-order chi connectivity index (χ1) is 23.2. The molecular formula is C37H46N6O5. The number of aliphatic hydroxyl groups is 1. The van der Waals surface area contributed by atoms with E-state index >= 15 is 0 Å². The summed E-state index contributed by atoms with van der Waals surface area (Å²) < 4.78 is 8.68. The highest BCUT2D eigenvalue weighted by Gasteiger charge is 2.80. The molecule has 3 unspecified atom stereocenters. The Hall–Kier alpha value is -4.35. The second-order valence-corrected chi connectivity index (χ2v) is 13.6. The van der Waals surface area contributed by atoms with Crippen LogP contribution in [0.15, 0.2) is 79.9 Å². The highest BCUT2D eigenvalue weighted by atomic mass is 16.5. The van der Waals surface area contributed by atoms with Crippen molar-refractivity contribution in [3.05, 3.63) is 85.5 Å². The second kappa shape index (κ2) is 13.6. The van der Waals surface area contributed by atoms with E-state index in [2.05, 4.69) is 30.4 Å². The molecule has 3 aromatic rings. The summed E-state index contributed by atoms with van der Waals surface area (Å²) in [7, 11) is 0. The average Bonchev–Trinajstić information content (AvgIpc) is 3.76. The zero-order valence-corrected chi connectivity index (χ0v) is 27.9. The molecule has 2 bridgehead atoms. The molecule has 3 amide bonds. The Bertz CT molecular complexity index is 1680. The first kappa shape index (κ1) is 33.5. The van der Waals surface area contributed by atoms with Gasteiger partial charge in [-0.05, 0) is 56.2 Å². The van der Waals surface area contributed by atoms with E-state index in [9.17, 15) is 19.5 Å². The smallest absolute Gasteiger partial charge is 0.250 e. The number of rotatable bonds is 15. The minimum Gasteiger partial charge on any atom is -0.396 e. The lowest BCUT2D eigenvalue weighted by atomic mass is 9.62. The summed E-state index contributed by atoms with van der Waals surface area (Å²) in [4.78, 5) is 49.4. The predicted molar refractivity (Wildman–Crippen MR) is 181 cm³/mol. The summed E-state index contributed by atoms with van der Waals surface area (Å²) in [6.07, 6.45) is 5.74. The molecule has 0 radical (unpaired) electrons. The number of unbranched alkanes of at least 4 members (excludes halogenated alkanes) is 2. The summed E-state index contributed by atoms with van der Waals surface area (Å²) in [5.74, 6) is -2.35. The number of carbonyl (C=O) groups is 3. The van der Waals surface area contributed by atoms with Crippen molar-refractivity contribution < 1.29 is 24.2 Å². The van der Waals surface area contributed by atoms with Gasteiger partial charge in [-0.15, -0.1) is 18.3 Å². The molecule has 1 spiro atoms. The number of amides is 3. The molecule has 6 atom stereocenters. The maximum Gasteiger partial charge on any atom is 0.250 e. The molecule has 6 rings (SSSR count). The van der Waals surface area contributed by atoms with Crippen molar-refractivity contribution in [1.82, 2.24) is 29.7 Å². The molecule has 3 aliphatic heterocycles. The minimum atomic E-state index is -1.18. The molecule has 1 aromatic heterocycles. The second-order valence-electron chi connectivity index (χ2n) is 13.6. The molecule has 1 N–H and O–H groups in total.